The first kappa shape index (κ1) is 14.7. The third-order valence-electron chi connectivity index (χ3n) is 2.53. The topological polar surface area (TPSA) is 66.4 Å². The van der Waals surface area contributed by atoms with E-state index in [9.17, 15) is 9.59 Å². The lowest BCUT2D eigenvalue weighted by atomic mass is 10.0. The van der Waals surface area contributed by atoms with E-state index in [1.165, 1.54) is 6.92 Å². The zero-order valence-corrected chi connectivity index (χ0v) is 11.7. The highest BCUT2D eigenvalue weighted by Crippen LogP contribution is 2.21. The molecule has 98 valence electrons. The Morgan fingerprint density at radius 3 is 2.44 bits per heavy atom. The molecule has 1 unspecified atom stereocenters. The second-order valence-electron chi connectivity index (χ2n) is 4.09. The van der Waals surface area contributed by atoms with E-state index >= 15 is 0 Å². The van der Waals surface area contributed by atoms with Gasteiger partial charge in [0.1, 0.15) is 0 Å². The van der Waals surface area contributed by atoms with Gasteiger partial charge in [0.25, 0.3) is 0 Å². The number of hydrogen-bond donors (Lipinski definition) is 2. The molecule has 4 nitrogen and oxygen atoms in total. The normalized spacial score (nSPS) is 11.9. The molecule has 1 aromatic carbocycles. The van der Waals surface area contributed by atoms with Crippen molar-refractivity contribution in [3.63, 3.8) is 0 Å². The van der Waals surface area contributed by atoms with Gasteiger partial charge in [0.2, 0.25) is 5.91 Å². The van der Waals surface area contributed by atoms with Gasteiger partial charge in [-0.15, -0.1) is 0 Å². The van der Waals surface area contributed by atoms with Gasteiger partial charge in [-0.2, -0.15) is 0 Å². The highest BCUT2D eigenvalue weighted by atomic mass is 79.9. The zero-order valence-electron chi connectivity index (χ0n) is 10.1. The van der Waals surface area contributed by atoms with Crippen LogP contribution in [0.4, 0.5) is 0 Å². The van der Waals surface area contributed by atoms with Crippen LogP contribution < -0.4 is 5.32 Å². The Labute approximate surface area is 115 Å². The Balaban J connectivity index is 2.68. The number of amides is 1. The third kappa shape index (κ3) is 5.31. The van der Waals surface area contributed by atoms with Crippen molar-refractivity contribution in [3.8, 4) is 0 Å². The lowest BCUT2D eigenvalue weighted by molar-refractivity contribution is -0.137. The van der Waals surface area contributed by atoms with E-state index in [1.807, 2.05) is 24.3 Å². The van der Waals surface area contributed by atoms with Crippen LogP contribution in [0.25, 0.3) is 0 Å². The minimum Gasteiger partial charge on any atom is -0.481 e. The number of aliphatic carboxylic acids is 1. The molecule has 0 bridgehead atoms. The number of carbonyl (C=O) groups excluding carboxylic acids is 1. The Morgan fingerprint density at radius 2 is 1.94 bits per heavy atom. The molecule has 2 N–H and O–H groups in total. The molecule has 0 aliphatic carbocycles. The number of halogens is 1. The first-order chi connectivity index (χ1) is 8.49. The fourth-order valence-electron chi connectivity index (χ4n) is 1.72. The Morgan fingerprint density at radius 1 is 1.33 bits per heavy atom. The van der Waals surface area contributed by atoms with Crippen LogP contribution in [0, 0.1) is 0 Å². The van der Waals surface area contributed by atoms with Gasteiger partial charge < -0.3 is 10.4 Å². The van der Waals surface area contributed by atoms with Gasteiger partial charge in [-0.05, 0) is 30.5 Å². The lowest BCUT2D eigenvalue weighted by Gasteiger charge is -2.18. The van der Waals surface area contributed by atoms with Crippen LogP contribution in [0.5, 0.6) is 0 Å². The van der Waals surface area contributed by atoms with Crippen LogP contribution in [-0.4, -0.2) is 17.0 Å². The monoisotopic (exact) mass is 313 g/mol. The number of nitrogens with one attached hydrogen (secondary N) is 1. The van der Waals surface area contributed by atoms with Gasteiger partial charge in [-0.1, -0.05) is 28.1 Å². The van der Waals surface area contributed by atoms with Crippen LogP contribution in [0.2, 0.25) is 0 Å². The number of rotatable bonds is 6. The van der Waals surface area contributed by atoms with E-state index in [0.29, 0.717) is 12.8 Å². The molecule has 0 fully saturated rings. The molecule has 18 heavy (non-hydrogen) atoms. The van der Waals surface area contributed by atoms with E-state index < -0.39 is 5.97 Å². The number of carbonyl (C=O) groups is 2. The van der Waals surface area contributed by atoms with Crippen molar-refractivity contribution < 1.29 is 14.7 Å². The van der Waals surface area contributed by atoms with Crippen molar-refractivity contribution in [1.29, 1.82) is 0 Å². The maximum absolute atomic E-state index is 11.2. The van der Waals surface area contributed by atoms with Crippen LogP contribution >= 0.6 is 15.9 Å². The summed E-state index contributed by atoms with van der Waals surface area (Å²) in [6.45, 7) is 1.46. The summed E-state index contributed by atoms with van der Waals surface area (Å²) in [7, 11) is 0. The molecule has 1 aromatic rings. The van der Waals surface area contributed by atoms with E-state index in [2.05, 4.69) is 21.2 Å². The number of carboxylic acid groups (broad SMARTS) is 1. The van der Waals surface area contributed by atoms with Crippen molar-refractivity contribution in [3.05, 3.63) is 34.3 Å². The van der Waals surface area contributed by atoms with Crippen LogP contribution in [0.1, 0.15) is 37.8 Å². The summed E-state index contributed by atoms with van der Waals surface area (Å²) < 4.78 is 0.971. The molecule has 0 aliphatic rings. The molecule has 1 atom stereocenters. The summed E-state index contributed by atoms with van der Waals surface area (Å²) >= 11 is 3.35. The molecule has 0 saturated carbocycles. The van der Waals surface area contributed by atoms with Crippen molar-refractivity contribution in [1.82, 2.24) is 5.32 Å². The first-order valence-corrected chi connectivity index (χ1v) is 6.52. The average molecular weight is 314 g/mol. The quantitative estimate of drug-likeness (QED) is 0.848. The highest BCUT2D eigenvalue weighted by Gasteiger charge is 2.13. The molecular formula is C13H16BrNO3. The van der Waals surface area contributed by atoms with Crippen LogP contribution in [0.3, 0.4) is 0 Å². The summed E-state index contributed by atoms with van der Waals surface area (Å²) in [6.07, 6.45) is 1.27. The number of benzene rings is 1. The van der Waals surface area contributed by atoms with Crippen molar-refractivity contribution in [2.75, 3.05) is 0 Å². The van der Waals surface area contributed by atoms with Crippen LogP contribution in [0.15, 0.2) is 28.7 Å². The zero-order chi connectivity index (χ0) is 13.5. The summed E-state index contributed by atoms with van der Waals surface area (Å²) in [4.78, 5) is 21.6. The van der Waals surface area contributed by atoms with Crippen molar-refractivity contribution >= 4 is 27.8 Å². The molecule has 0 heterocycles. The standard InChI is InChI=1S/C13H16BrNO3/c1-9(16)15-12(3-2-4-13(17)18)10-5-7-11(14)8-6-10/h5-8,12H,2-4H2,1H3,(H,15,16)(H,17,18). The minimum absolute atomic E-state index is 0.113. The summed E-state index contributed by atoms with van der Waals surface area (Å²) in [5.74, 6) is -0.925. The highest BCUT2D eigenvalue weighted by molar-refractivity contribution is 9.10. The van der Waals surface area contributed by atoms with Gasteiger partial charge in [-0.25, -0.2) is 0 Å². The molecule has 0 radical (unpaired) electrons. The SMILES string of the molecule is CC(=O)NC(CCCC(=O)O)c1ccc(Br)cc1. The summed E-state index contributed by atoms with van der Waals surface area (Å²) in [5, 5.41) is 11.5. The van der Waals surface area contributed by atoms with Crippen molar-refractivity contribution in [2.45, 2.75) is 32.2 Å². The minimum atomic E-state index is -0.813. The Hall–Kier alpha value is -1.36. The molecular weight excluding hydrogens is 298 g/mol. The molecule has 1 amide bonds. The van der Waals surface area contributed by atoms with Gasteiger partial charge in [0, 0.05) is 17.8 Å². The second-order valence-corrected chi connectivity index (χ2v) is 5.01. The fourth-order valence-corrected chi connectivity index (χ4v) is 1.98. The van der Waals surface area contributed by atoms with Crippen molar-refractivity contribution in [2.24, 2.45) is 0 Å². The fraction of sp³-hybridized carbons (Fsp3) is 0.385. The molecule has 5 heteroatoms. The third-order valence-corrected chi connectivity index (χ3v) is 3.06. The van der Waals surface area contributed by atoms with Gasteiger partial charge in [0.15, 0.2) is 0 Å². The molecule has 0 aromatic heterocycles. The van der Waals surface area contributed by atoms with Gasteiger partial charge >= 0.3 is 5.97 Å². The van der Waals surface area contributed by atoms with Gasteiger partial charge in [0.05, 0.1) is 6.04 Å². The number of carboxylic acids is 1. The second kappa shape index (κ2) is 7.16. The smallest absolute Gasteiger partial charge is 0.303 e. The maximum atomic E-state index is 11.2. The summed E-state index contributed by atoms with van der Waals surface area (Å²) in [5.41, 5.74) is 0.985. The number of hydrogen-bond acceptors (Lipinski definition) is 2. The predicted molar refractivity (Wildman–Crippen MR) is 72.2 cm³/mol. The summed E-state index contributed by atoms with van der Waals surface area (Å²) in [6, 6.07) is 7.52. The molecule has 0 saturated heterocycles. The Bertz CT molecular complexity index is 417. The average Bonchev–Trinajstić information content (AvgIpc) is 2.28. The van der Waals surface area contributed by atoms with E-state index in [0.717, 1.165) is 10.0 Å². The Kier molecular flexibility index (Phi) is 5.85. The van der Waals surface area contributed by atoms with Crippen LogP contribution in [-0.2, 0) is 9.59 Å². The van der Waals surface area contributed by atoms with Gasteiger partial charge in [-0.3, -0.25) is 9.59 Å². The van der Waals surface area contributed by atoms with E-state index in [1.54, 1.807) is 0 Å². The predicted octanol–water partition coefficient (Wildman–Crippen LogP) is 2.88. The first-order valence-electron chi connectivity index (χ1n) is 5.73. The lowest BCUT2D eigenvalue weighted by Crippen LogP contribution is -2.26. The van der Waals surface area contributed by atoms with E-state index in [-0.39, 0.29) is 18.4 Å². The largest absolute Gasteiger partial charge is 0.481 e. The van der Waals surface area contributed by atoms with E-state index in [4.69, 9.17) is 5.11 Å². The molecule has 0 spiro atoms. The maximum Gasteiger partial charge on any atom is 0.303 e. The molecule has 0 aliphatic heterocycles. The molecule has 1 rings (SSSR count).